The van der Waals surface area contributed by atoms with Crippen molar-refractivity contribution in [2.24, 2.45) is 5.10 Å². The van der Waals surface area contributed by atoms with Gasteiger partial charge in [0.15, 0.2) is 11.5 Å². The first-order chi connectivity index (χ1) is 16.5. The molecule has 0 radical (unpaired) electrons. The molecule has 0 aliphatic rings. The second kappa shape index (κ2) is 13.5. The molecule has 5 nitrogen and oxygen atoms in total. The van der Waals surface area contributed by atoms with Gasteiger partial charge in [0.25, 0.3) is 0 Å². The first-order valence-electron chi connectivity index (χ1n) is 10.4. The van der Waals surface area contributed by atoms with Crippen molar-refractivity contribution in [3.63, 3.8) is 0 Å². The number of thioether (sulfide) groups is 1. The summed E-state index contributed by atoms with van der Waals surface area (Å²) in [6, 6.07) is 18.3. The molecule has 1 N–H and O–H groups in total. The molecule has 9 heteroatoms. The van der Waals surface area contributed by atoms with Crippen LogP contribution in [0, 0.1) is 0 Å². The Morgan fingerprint density at radius 3 is 2.44 bits per heavy atom. The van der Waals surface area contributed by atoms with Crippen LogP contribution in [0.1, 0.15) is 23.6 Å². The Hall–Kier alpha value is -2.38. The summed E-state index contributed by atoms with van der Waals surface area (Å²) in [6.07, 6.45) is 1.55. The average molecular weight is 538 g/mol. The Morgan fingerprint density at radius 2 is 1.74 bits per heavy atom. The predicted octanol–water partition coefficient (Wildman–Crippen LogP) is 7.01. The van der Waals surface area contributed by atoms with Crippen molar-refractivity contribution in [2.45, 2.75) is 19.3 Å². The van der Waals surface area contributed by atoms with Crippen LogP contribution in [0.15, 0.2) is 65.8 Å². The number of rotatable bonds is 11. The molecule has 0 heterocycles. The van der Waals surface area contributed by atoms with E-state index in [4.69, 9.17) is 44.3 Å². The molecular weight excluding hydrogens is 515 g/mol. The minimum atomic E-state index is -0.225. The quantitative estimate of drug-likeness (QED) is 0.211. The van der Waals surface area contributed by atoms with E-state index in [1.807, 2.05) is 49.4 Å². The van der Waals surface area contributed by atoms with Crippen LogP contribution in [0.2, 0.25) is 15.1 Å². The molecule has 0 aromatic heterocycles. The Bertz CT molecular complexity index is 1120. The van der Waals surface area contributed by atoms with E-state index in [9.17, 15) is 4.79 Å². The van der Waals surface area contributed by atoms with E-state index in [2.05, 4.69) is 10.5 Å². The molecule has 0 saturated heterocycles. The maximum atomic E-state index is 12.1. The number of nitrogens with zero attached hydrogens (tertiary/aromatic N) is 1. The summed E-state index contributed by atoms with van der Waals surface area (Å²) < 4.78 is 11.6. The third-order valence-electron chi connectivity index (χ3n) is 4.52. The highest BCUT2D eigenvalue weighted by Crippen LogP contribution is 2.29. The summed E-state index contributed by atoms with van der Waals surface area (Å²) >= 11 is 19.6. The highest BCUT2D eigenvalue weighted by Gasteiger charge is 2.09. The Labute approximate surface area is 218 Å². The van der Waals surface area contributed by atoms with Gasteiger partial charge in [-0.05, 0) is 66.1 Å². The van der Waals surface area contributed by atoms with Crippen LogP contribution >= 0.6 is 46.6 Å². The lowest BCUT2D eigenvalue weighted by molar-refractivity contribution is -0.118. The van der Waals surface area contributed by atoms with Crippen molar-refractivity contribution < 1.29 is 14.3 Å². The van der Waals surface area contributed by atoms with E-state index in [-0.39, 0.29) is 11.7 Å². The smallest absolute Gasteiger partial charge is 0.250 e. The number of ether oxygens (including phenoxy) is 2. The van der Waals surface area contributed by atoms with Crippen LogP contribution in [0.3, 0.4) is 0 Å². The molecule has 34 heavy (non-hydrogen) atoms. The second-order valence-corrected chi connectivity index (χ2v) is 9.28. The number of hydrogen-bond acceptors (Lipinski definition) is 5. The number of halogens is 3. The standard InChI is InChI=1S/C25H23Cl3N2O3S/c1-2-32-24-12-18(8-11-23(24)33-14-17-6-9-19(26)10-7-17)13-29-30-25(31)16-34-15-20-21(27)4-3-5-22(20)28/h3-13H,2,14-16H2,1H3,(H,30,31)/b29-13-. The van der Waals surface area contributed by atoms with Crippen LogP contribution in [-0.2, 0) is 17.2 Å². The maximum absolute atomic E-state index is 12.1. The first-order valence-corrected chi connectivity index (χ1v) is 12.7. The van der Waals surface area contributed by atoms with Gasteiger partial charge in [-0.2, -0.15) is 5.10 Å². The van der Waals surface area contributed by atoms with Gasteiger partial charge >= 0.3 is 0 Å². The number of amides is 1. The van der Waals surface area contributed by atoms with Gasteiger partial charge in [0, 0.05) is 20.8 Å². The summed E-state index contributed by atoms with van der Waals surface area (Å²) in [4.78, 5) is 12.1. The number of hydrazone groups is 1. The molecular formula is C25H23Cl3N2O3S. The van der Waals surface area contributed by atoms with Crippen LogP contribution in [0.4, 0.5) is 0 Å². The summed E-state index contributed by atoms with van der Waals surface area (Å²) in [5, 5.41) is 5.89. The summed E-state index contributed by atoms with van der Waals surface area (Å²) in [5.74, 6) is 1.75. The van der Waals surface area contributed by atoms with E-state index in [1.54, 1.807) is 24.4 Å². The van der Waals surface area contributed by atoms with Crippen molar-refractivity contribution >= 4 is 58.7 Å². The molecule has 0 fully saturated rings. The Kier molecular flexibility index (Phi) is 10.4. The van der Waals surface area contributed by atoms with Crippen LogP contribution in [0.25, 0.3) is 0 Å². The molecule has 1 amide bonds. The zero-order chi connectivity index (χ0) is 24.3. The number of nitrogens with one attached hydrogen (secondary N) is 1. The van der Waals surface area contributed by atoms with Gasteiger partial charge in [0.2, 0.25) is 5.91 Å². The van der Waals surface area contributed by atoms with E-state index in [1.165, 1.54) is 11.8 Å². The molecule has 178 valence electrons. The highest BCUT2D eigenvalue weighted by molar-refractivity contribution is 7.99. The molecule has 0 atom stereocenters. The first kappa shape index (κ1) is 26.2. The van der Waals surface area contributed by atoms with Gasteiger partial charge in [-0.25, -0.2) is 5.43 Å². The van der Waals surface area contributed by atoms with Crippen molar-refractivity contribution in [1.29, 1.82) is 0 Å². The molecule has 3 aromatic rings. The minimum absolute atomic E-state index is 0.223. The molecule has 0 aliphatic carbocycles. The van der Waals surface area contributed by atoms with Crippen LogP contribution < -0.4 is 14.9 Å². The van der Waals surface area contributed by atoms with Gasteiger partial charge < -0.3 is 9.47 Å². The zero-order valence-electron chi connectivity index (χ0n) is 18.4. The fourth-order valence-corrected chi connectivity index (χ4v) is 4.54. The maximum Gasteiger partial charge on any atom is 0.250 e. The van der Waals surface area contributed by atoms with Crippen molar-refractivity contribution in [2.75, 3.05) is 12.4 Å². The molecule has 3 rings (SSSR count). The van der Waals surface area contributed by atoms with Gasteiger partial charge in [0.05, 0.1) is 18.6 Å². The summed E-state index contributed by atoms with van der Waals surface area (Å²) in [6.45, 7) is 2.77. The summed E-state index contributed by atoms with van der Waals surface area (Å²) in [7, 11) is 0. The number of carbonyl (C=O) groups excluding carboxylic acids is 1. The topological polar surface area (TPSA) is 59.9 Å². The fraction of sp³-hybridized carbons (Fsp3) is 0.200. The third kappa shape index (κ3) is 8.13. The molecule has 0 unspecified atom stereocenters. The van der Waals surface area contributed by atoms with Crippen molar-refractivity contribution in [3.05, 3.63) is 92.4 Å². The van der Waals surface area contributed by atoms with Gasteiger partial charge in [0.1, 0.15) is 6.61 Å². The predicted molar refractivity (Wildman–Crippen MR) is 142 cm³/mol. The Morgan fingerprint density at radius 1 is 1.00 bits per heavy atom. The van der Waals surface area contributed by atoms with E-state index in [0.717, 1.165) is 16.7 Å². The van der Waals surface area contributed by atoms with Crippen molar-refractivity contribution in [3.8, 4) is 11.5 Å². The van der Waals surface area contributed by atoms with Gasteiger partial charge in [-0.1, -0.05) is 53.0 Å². The number of carbonyl (C=O) groups is 1. The lowest BCUT2D eigenvalue weighted by Crippen LogP contribution is -2.19. The monoisotopic (exact) mass is 536 g/mol. The third-order valence-corrected chi connectivity index (χ3v) is 6.44. The highest BCUT2D eigenvalue weighted by atomic mass is 35.5. The fourth-order valence-electron chi connectivity index (χ4n) is 2.86. The number of benzene rings is 3. The normalized spacial score (nSPS) is 10.9. The average Bonchev–Trinajstić information content (AvgIpc) is 2.82. The van der Waals surface area contributed by atoms with Crippen molar-refractivity contribution in [1.82, 2.24) is 5.43 Å². The molecule has 3 aromatic carbocycles. The Balaban J connectivity index is 1.51. The lowest BCUT2D eigenvalue weighted by Gasteiger charge is -2.12. The van der Waals surface area contributed by atoms with Gasteiger partial charge in [-0.15, -0.1) is 11.8 Å². The van der Waals surface area contributed by atoms with E-state index < -0.39 is 0 Å². The zero-order valence-corrected chi connectivity index (χ0v) is 21.5. The lowest BCUT2D eigenvalue weighted by atomic mass is 10.2. The summed E-state index contributed by atoms with van der Waals surface area (Å²) in [5.41, 5.74) is 5.10. The molecule has 0 spiro atoms. The van der Waals surface area contributed by atoms with Gasteiger partial charge in [-0.3, -0.25) is 4.79 Å². The molecule has 0 bridgehead atoms. The molecule has 0 aliphatic heterocycles. The second-order valence-electron chi connectivity index (χ2n) is 7.04. The van der Waals surface area contributed by atoms with Crippen LogP contribution in [-0.4, -0.2) is 24.5 Å². The van der Waals surface area contributed by atoms with Crippen LogP contribution in [0.5, 0.6) is 11.5 Å². The largest absolute Gasteiger partial charge is 0.490 e. The minimum Gasteiger partial charge on any atom is -0.490 e. The number of hydrogen-bond donors (Lipinski definition) is 1. The SMILES string of the molecule is CCOc1cc(/C=N\NC(=O)CSCc2c(Cl)cccc2Cl)ccc1OCc1ccc(Cl)cc1. The van der Waals surface area contributed by atoms with E-state index >= 15 is 0 Å². The molecule has 0 saturated carbocycles. The van der Waals surface area contributed by atoms with E-state index in [0.29, 0.717) is 45.5 Å².